The number of carbonyl (C=O) groups is 1. The van der Waals surface area contributed by atoms with E-state index in [0.717, 1.165) is 38.8 Å². The highest BCUT2D eigenvalue weighted by molar-refractivity contribution is 6.08. The van der Waals surface area contributed by atoms with Crippen LogP contribution >= 0.6 is 0 Å². The summed E-state index contributed by atoms with van der Waals surface area (Å²) in [6.45, 7) is 1.96. The van der Waals surface area contributed by atoms with Gasteiger partial charge in [-0.05, 0) is 36.3 Å². The third kappa shape index (κ3) is 3.17. The lowest BCUT2D eigenvalue weighted by Crippen LogP contribution is -2.61. The fourth-order valence-corrected chi connectivity index (χ4v) is 3.97. The molecule has 1 heterocycles. The third-order valence-electron chi connectivity index (χ3n) is 5.67. The van der Waals surface area contributed by atoms with Crippen LogP contribution in [0.2, 0.25) is 6.32 Å². The van der Waals surface area contributed by atoms with E-state index < -0.39 is 11.5 Å². The number of nitrogens with zero attached hydrogens (tertiary/aromatic N) is 1. The summed E-state index contributed by atoms with van der Waals surface area (Å²) in [7, 11) is 5.51. The molecular formula is C18H25BN2O2. The molecule has 1 unspecified atom stereocenters. The first-order chi connectivity index (χ1) is 11.0. The molecular weight excluding hydrogens is 287 g/mol. The van der Waals surface area contributed by atoms with Crippen molar-refractivity contribution in [1.29, 1.82) is 0 Å². The van der Waals surface area contributed by atoms with E-state index in [2.05, 4.69) is 29.2 Å². The normalized spacial score (nSPS) is 26.3. The Balaban J connectivity index is 1.56. The molecule has 3 rings (SSSR count). The van der Waals surface area contributed by atoms with E-state index >= 15 is 0 Å². The molecule has 23 heavy (non-hydrogen) atoms. The molecule has 0 aromatic heterocycles. The van der Waals surface area contributed by atoms with Crippen LogP contribution in [0.5, 0.6) is 0 Å². The number of benzene rings is 1. The SMILES string of the molecule is [B]CCCCC(N)(C(=O)O)C1CC(N2Cc3ccccc3C2)C1. The standard InChI is InChI=1S/C18H25BN2O2/c19-8-4-3-7-18(20,17(22)23)15-9-16(10-15)21-11-13-5-1-2-6-14(13)12-21/h1-2,5-6,15-16H,3-4,7-12,20H2,(H,22,23). The number of hydrogen-bond acceptors (Lipinski definition) is 3. The van der Waals surface area contributed by atoms with Gasteiger partial charge in [-0.3, -0.25) is 9.69 Å². The Morgan fingerprint density at radius 2 is 1.87 bits per heavy atom. The van der Waals surface area contributed by atoms with E-state index in [9.17, 15) is 9.90 Å². The fraction of sp³-hybridized carbons (Fsp3) is 0.611. The zero-order valence-electron chi connectivity index (χ0n) is 13.6. The van der Waals surface area contributed by atoms with Crippen LogP contribution < -0.4 is 5.73 Å². The Kier molecular flexibility index (Phi) is 4.78. The minimum atomic E-state index is -1.09. The van der Waals surface area contributed by atoms with Gasteiger partial charge in [-0.1, -0.05) is 43.4 Å². The van der Waals surface area contributed by atoms with Crippen LogP contribution in [0.4, 0.5) is 0 Å². The van der Waals surface area contributed by atoms with Crippen molar-refractivity contribution in [3.8, 4) is 0 Å². The van der Waals surface area contributed by atoms with Gasteiger partial charge in [0.25, 0.3) is 0 Å². The number of rotatable bonds is 7. The number of carboxylic acids is 1. The molecule has 3 N–H and O–H groups in total. The van der Waals surface area contributed by atoms with Gasteiger partial charge in [0.15, 0.2) is 0 Å². The average Bonchev–Trinajstić information content (AvgIpc) is 2.89. The van der Waals surface area contributed by atoms with E-state index in [-0.39, 0.29) is 5.92 Å². The molecule has 5 heteroatoms. The second-order valence-electron chi connectivity index (χ2n) is 7.09. The van der Waals surface area contributed by atoms with E-state index in [4.69, 9.17) is 13.6 Å². The van der Waals surface area contributed by atoms with Crippen LogP contribution in [-0.4, -0.2) is 35.4 Å². The molecule has 1 aromatic rings. The summed E-state index contributed by atoms with van der Waals surface area (Å²) in [5, 5.41) is 9.59. The van der Waals surface area contributed by atoms with Crippen LogP contribution in [0.1, 0.15) is 43.2 Å². The van der Waals surface area contributed by atoms with Gasteiger partial charge in [0.05, 0.1) is 7.85 Å². The Labute approximate surface area is 139 Å². The topological polar surface area (TPSA) is 66.6 Å². The first-order valence-corrected chi connectivity index (χ1v) is 8.57. The minimum absolute atomic E-state index is 0.0755. The van der Waals surface area contributed by atoms with E-state index in [1.807, 2.05) is 0 Å². The second kappa shape index (κ2) is 6.66. The maximum absolute atomic E-state index is 11.7. The number of carboxylic acid groups (broad SMARTS) is 1. The van der Waals surface area contributed by atoms with Gasteiger partial charge in [-0.2, -0.15) is 0 Å². The Morgan fingerprint density at radius 3 is 2.39 bits per heavy atom. The summed E-state index contributed by atoms with van der Waals surface area (Å²) in [6.07, 6.45) is 4.52. The molecule has 1 aromatic carbocycles. The lowest BCUT2D eigenvalue weighted by Gasteiger charge is -2.48. The number of hydrogen-bond donors (Lipinski definition) is 2. The van der Waals surface area contributed by atoms with Crippen LogP contribution in [-0.2, 0) is 17.9 Å². The van der Waals surface area contributed by atoms with Crippen molar-refractivity contribution in [2.75, 3.05) is 0 Å². The van der Waals surface area contributed by atoms with Gasteiger partial charge < -0.3 is 10.8 Å². The van der Waals surface area contributed by atoms with Crippen molar-refractivity contribution in [2.45, 2.75) is 63.1 Å². The number of fused-ring (bicyclic) bond motifs is 1. The molecule has 2 radical (unpaired) electrons. The summed E-state index contributed by atoms with van der Waals surface area (Å²) >= 11 is 0. The lowest BCUT2D eigenvalue weighted by atomic mass is 9.66. The summed E-state index contributed by atoms with van der Waals surface area (Å²) in [6, 6.07) is 8.99. The van der Waals surface area contributed by atoms with Crippen LogP contribution in [0.15, 0.2) is 24.3 Å². The summed E-state index contributed by atoms with van der Waals surface area (Å²) in [5.41, 5.74) is 7.99. The van der Waals surface area contributed by atoms with Gasteiger partial charge in [-0.15, -0.1) is 0 Å². The van der Waals surface area contributed by atoms with E-state index in [1.54, 1.807) is 0 Å². The molecule has 0 bridgehead atoms. The molecule has 1 aliphatic carbocycles. The molecule has 1 aliphatic heterocycles. The molecule has 1 saturated carbocycles. The molecule has 1 fully saturated rings. The van der Waals surface area contributed by atoms with Crippen molar-refractivity contribution >= 4 is 13.8 Å². The average molecular weight is 312 g/mol. The molecule has 1 atom stereocenters. The first kappa shape index (κ1) is 16.5. The molecule has 0 spiro atoms. The van der Waals surface area contributed by atoms with Gasteiger partial charge in [0.1, 0.15) is 5.54 Å². The number of unbranched alkanes of at least 4 members (excludes halogenated alkanes) is 1. The molecule has 2 aliphatic rings. The first-order valence-electron chi connectivity index (χ1n) is 8.57. The zero-order valence-corrected chi connectivity index (χ0v) is 13.6. The fourth-order valence-electron chi connectivity index (χ4n) is 3.97. The van der Waals surface area contributed by atoms with E-state index in [1.165, 1.54) is 11.1 Å². The van der Waals surface area contributed by atoms with Crippen LogP contribution in [0, 0.1) is 5.92 Å². The van der Waals surface area contributed by atoms with Crippen molar-refractivity contribution in [1.82, 2.24) is 4.90 Å². The molecule has 122 valence electrons. The van der Waals surface area contributed by atoms with E-state index in [0.29, 0.717) is 18.8 Å². The maximum atomic E-state index is 11.7. The van der Waals surface area contributed by atoms with Gasteiger partial charge in [0.2, 0.25) is 0 Å². The number of aliphatic carboxylic acids is 1. The van der Waals surface area contributed by atoms with Crippen LogP contribution in [0.3, 0.4) is 0 Å². The highest BCUT2D eigenvalue weighted by Crippen LogP contribution is 2.43. The van der Waals surface area contributed by atoms with Gasteiger partial charge in [-0.25, -0.2) is 0 Å². The van der Waals surface area contributed by atoms with Crippen molar-refractivity contribution < 1.29 is 9.90 Å². The van der Waals surface area contributed by atoms with Crippen molar-refractivity contribution in [2.24, 2.45) is 11.7 Å². The summed E-state index contributed by atoms with van der Waals surface area (Å²) in [5.74, 6) is -0.783. The Morgan fingerprint density at radius 1 is 1.26 bits per heavy atom. The largest absolute Gasteiger partial charge is 0.480 e. The molecule has 0 amide bonds. The molecule has 4 nitrogen and oxygen atoms in total. The Bertz CT molecular complexity index is 549. The summed E-state index contributed by atoms with van der Waals surface area (Å²) < 4.78 is 0. The maximum Gasteiger partial charge on any atom is 0.323 e. The highest BCUT2D eigenvalue weighted by Gasteiger charge is 2.49. The Hall–Kier alpha value is -1.33. The second-order valence-corrected chi connectivity index (χ2v) is 7.09. The van der Waals surface area contributed by atoms with Crippen molar-refractivity contribution in [3.63, 3.8) is 0 Å². The monoisotopic (exact) mass is 312 g/mol. The quantitative estimate of drug-likeness (QED) is 0.599. The predicted octanol–water partition coefficient (Wildman–Crippen LogP) is 2.32. The predicted molar refractivity (Wildman–Crippen MR) is 91.2 cm³/mol. The summed E-state index contributed by atoms with van der Waals surface area (Å²) in [4.78, 5) is 14.1. The number of nitrogens with two attached hydrogens (primary N) is 1. The third-order valence-corrected chi connectivity index (χ3v) is 5.67. The highest BCUT2D eigenvalue weighted by atomic mass is 16.4. The van der Waals surface area contributed by atoms with Crippen LogP contribution in [0.25, 0.3) is 0 Å². The zero-order chi connectivity index (χ0) is 16.4. The smallest absolute Gasteiger partial charge is 0.323 e. The van der Waals surface area contributed by atoms with Crippen molar-refractivity contribution in [3.05, 3.63) is 35.4 Å². The van der Waals surface area contributed by atoms with Gasteiger partial charge >= 0.3 is 5.97 Å². The molecule has 0 saturated heterocycles. The minimum Gasteiger partial charge on any atom is -0.480 e. The van der Waals surface area contributed by atoms with Gasteiger partial charge in [0, 0.05) is 19.1 Å². The lowest BCUT2D eigenvalue weighted by molar-refractivity contribution is -0.149.